The van der Waals surface area contributed by atoms with Crippen LogP contribution in [0.1, 0.15) is 5.56 Å². The number of nitrogens with zero attached hydrogens (tertiary/aromatic N) is 2. The van der Waals surface area contributed by atoms with Gasteiger partial charge in [0.1, 0.15) is 17.4 Å². The molecule has 3 N–H and O–H groups in total. The van der Waals surface area contributed by atoms with Crippen molar-refractivity contribution in [3.8, 4) is 11.8 Å². The van der Waals surface area contributed by atoms with Crippen molar-refractivity contribution in [1.29, 1.82) is 5.26 Å². The topological polar surface area (TPSA) is 128 Å². The predicted molar refractivity (Wildman–Crippen MR) is 91.9 cm³/mol. The summed E-state index contributed by atoms with van der Waals surface area (Å²) in [6, 6.07) is 11.9. The van der Waals surface area contributed by atoms with Gasteiger partial charge in [0.15, 0.2) is 0 Å². The number of non-ortho nitro benzene ring substituents is 1. The lowest BCUT2D eigenvalue weighted by atomic mass is 10.2. The quantitative estimate of drug-likeness (QED) is 0.253. The van der Waals surface area contributed by atoms with Crippen LogP contribution in [-0.2, 0) is 4.79 Å². The number of phenolic OH excluding ortho intramolecular Hbond substituents is 1. The third-order valence-electron chi connectivity index (χ3n) is 3.23. The standard InChI is InChI=1S/C17H14N4O4/c1-11-2-7-15(16(22)8-11)19-10-12(9-18)17(23)20-13-3-5-14(6-4-13)21(24)25/h2-8,10,19,22H,1H3,(H,20,23)/b12-10-. The van der Waals surface area contributed by atoms with E-state index in [0.717, 1.165) is 5.56 Å². The molecule has 0 saturated carbocycles. The second kappa shape index (κ2) is 7.61. The lowest BCUT2D eigenvalue weighted by Gasteiger charge is -2.07. The first-order valence-corrected chi connectivity index (χ1v) is 7.13. The Bertz CT molecular complexity index is 883. The number of carbonyl (C=O) groups excluding carboxylic acids is 1. The second-order valence-electron chi connectivity index (χ2n) is 5.09. The van der Waals surface area contributed by atoms with Crippen LogP contribution in [0.3, 0.4) is 0 Å². The molecule has 0 spiro atoms. The molecule has 126 valence electrons. The van der Waals surface area contributed by atoms with Gasteiger partial charge in [0.2, 0.25) is 0 Å². The maximum Gasteiger partial charge on any atom is 0.269 e. The third-order valence-corrected chi connectivity index (χ3v) is 3.23. The molecular formula is C17H14N4O4. The van der Waals surface area contributed by atoms with Gasteiger partial charge < -0.3 is 15.7 Å². The van der Waals surface area contributed by atoms with Gasteiger partial charge in [0.05, 0.1) is 10.6 Å². The van der Waals surface area contributed by atoms with E-state index in [1.165, 1.54) is 30.5 Å². The fourth-order valence-electron chi connectivity index (χ4n) is 1.93. The number of hydrogen-bond acceptors (Lipinski definition) is 6. The van der Waals surface area contributed by atoms with Gasteiger partial charge >= 0.3 is 0 Å². The number of benzene rings is 2. The van der Waals surface area contributed by atoms with Crippen LogP contribution < -0.4 is 10.6 Å². The number of anilines is 2. The smallest absolute Gasteiger partial charge is 0.269 e. The van der Waals surface area contributed by atoms with Gasteiger partial charge in [-0.2, -0.15) is 5.26 Å². The molecule has 0 atom stereocenters. The molecule has 8 heteroatoms. The molecular weight excluding hydrogens is 324 g/mol. The maximum absolute atomic E-state index is 12.1. The molecule has 2 aromatic rings. The Balaban J connectivity index is 2.09. The van der Waals surface area contributed by atoms with Crippen molar-refractivity contribution in [2.24, 2.45) is 0 Å². The lowest BCUT2D eigenvalue weighted by molar-refractivity contribution is -0.384. The molecule has 0 bridgehead atoms. The second-order valence-corrected chi connectivity index (χ2v) is 5.09. The summed E-state index contributed by atoms with van der Waals surface area (Å²) in [6.07, 6.45) is 1.17. The average molecular weight is 338 g/mol. The van der Waals surface area contributed by atoms with E-state index in [1.54, 1.807) is 24.3 Å². The Morgan fingerprint density at radius 3 is 2.52 bits per heavy atom. The van der Waals surface area contributed by atoms with Crippen LogP contribution in [-0.4, -0.2) is 15.9 Å². The SMILES string of the molecule is Cc1ccc(N/C=C(/C#N)C(=O)Nc2ccc([N+](=O)[O-])cc2)c(O)c1. The summed E-state index contributed by atoms with van der Waals surface area (Å²) in [4.78, 5) is 22.1. The van der Waals surface area contributed by atoms with Crippen molar-refractivity contribution < 1.29 is 14.8 Å². The molecule has 0 aliphatic heterocycles. The molecule has 25 heavy (non-hydrogen) atoms. The largest absolute Gasteiger partial charge is 0.506 e. The molecule has 8 nitrogen and oxygen atoms in total. The van der Waals surface area contributed by atoms with Gasteiger partial charge in [-0.3, -0.25) is 14.9 Å². The van der Waals surface area contributed by atoms with E-state index in [1.807, 2.05) is 6.92 Å². The monoisotopic (exact) mass is 338 g/mol. The number of carbonyl (C=O) groups is 1. The van der Waals surface area contributed by atoms with Crippen molar-refractivity contribution in [2.45, 2.75) is 6.92 Å². The highest BCUT2D eigenvalue weighted by molar-refractivity contribution is 6.06. The number of nitro benzene ring substituents is 1. The zero-order valence-corrected chi connectivity index (χ0v) is 13.2. The van der Waals surface area contributed by atoms with Crippen LogP contribution in [0.15, 0.2) is 54.2 Å². The molecule has 0 saturated heterocycles. The molecule has 2 aromatic carbocycles. The Hall–Kier alpha value is -3.86. The maximum atomic E-state index is 12.1. The summed E-state index contributed by atoms with van der Waals surface area (Å²) in [5.41, 5.74) is 1.20. The number of nitrogens with one attached hydrogen (secondary N) is 2. The van der Waals surface area contributed by atoms with Crippen molar-refractivity contribution in [1.82, 2.24) is 0 Å². The van der Waals surface area contributed by atoms with E-state index < -0.39 is 10.8 Å². The van der Waals surface area contributed by atoms with Crippen molar-refractivity contribution >= 4 is 23.0 Å². The minimum Gasteiger partial charge on any atom is -0.506 e. The summed E-state index contributed by atoms with van der Waals surface area (Å²) < 4.78 is 0. The number of amides is 1. The van der Waals surface area contributed by atoms with E-state index in [-0.39, 0.29) is 17.0 Å². The molecule has 0 radical (unpaired) electrons. The Morgan fingerprint density at radius 1 is 1.28 bits per heavy atom. The summed E-state index contributed by atoms with van der Waals surface area (Å²) >= 11 is 0. The van der Waals surface area contributed by atoms with Crippen molar-refractivity contribution in [3.05, 3.63) is 69.9 Å². The molecule has 0 heterocycles. The number of rotatable bonds is 5. The minimum absolute atomic E-state index is 0.00989. The normalized spacial score (nSPS) is 10.6. The molecule has 0 aromatic heterocycles. The Kier molecular flexibility index (Phi) is 5.32. The molecule has 0 aliphatic rings. The lowest BCUT2D eigenvalue weighted by Crippen LogP contribution is -2.14. The van der Waals surface area contributed by atoms with Crippen LogP contribution in [0, 0.1) is 28.4 Å². The number of nitro groups is 1. The minimum atomic E-state index is -0.685. The van der Waals surface area contributed by atoms with Crippen LogP contribution in [0.2, 0.25) is 0 Å². The summed E-state index contributed by atoms with van der Waals surface area (Å²) in [6.45, 7) is 1.82. The summed E-state index contributed by atoms with van der Waals surface area (Å²) in [5, 5.41) is 34.7. The highest BCUT2D eigenvalue weighted by Crippen LogP contribution is 2.24. The van der Waals surface area contributed by atoms with E-state index in [9.17, 15) is 20.0 Å². The highest BCUT2D eigenvalue weighted by atomic mass is 16.6. The van der Waals surface area contributed by atoms with Crippen LogP contribution in [0.4, 0.5) is 17.1 Å². The fourth-order valence-corrected chi connectivity index (χ4v) is 1.93. The molecule has 0 aliphatic carbocycles. The number of phenols is 1. The first kappa shape index (κ1) is 17.5. The van der Waals surface area contributed by atoms with E-state index in [0.29, 0.717) is 11.4 Å². The van der Waals surface area contributed by atoms with Gasteiger partial charge in [-0.1, -0.05) is 6.07 Å². The number of hydrogen-bond donors (Lipinski definition) is 3. The van der Waals surface area contributed by atoms with E-state index in [2.05, 4.69) is 10.6 Å². The number of aryl methyl sites for hydroxylation is 1. The van der Waals surface area contributed by atoms with Gasteiger partial charge in [0, 0.05) is 24.0 Å². The van der Waals surface area contributed by atoms with Gasteiger partial charge in [0.25, 0.3) is 11.6 Å². The van der Waals surface area contributed by atoms with Crippen molar-refractivity contribution in [3.63, 3.8) is 0 Å². The fraction of sp³-hybridized carbons (Fsp3) is 0.0588. The van der Waals surface area contributed by atoms with E-state index in [4.69, 9.17) is 5.26 Å². The average Bonchev–Trinajstić information content (AvgIpc) is 2.57. The van der Waals surface area contributed by atoms with E-state index >= 15 is 0 Å². The van der Waals surface area contributed by atoms with Gasteiger partial charge in [-0.05, 0) is 36.8 Å². The Morgan fingerprint density at radius 2 is 1.96 bits per heavy atom. The van der Waals surface area contributed by atoms with Crippen LogP contribution >= 0.6 is 0 Å². The molecule has 1 amide bonds. The molecule has 0 fully saturated rings. The highest BCUT2D eigenvalue weighted by Gasteiger charge is 2.11. The zero-order valence-electron chi connectivity index (χ0n) is 13.2. The van der Waals surface area contributed by atoms with Crippen LogP contribution in [0.5, 0.6) is 5.75 Å². The van der Waals surface area contributed by atoms with Crippen LogP contribution in [0.25, 0.3) is 0 Å². The first-order valence-electron chi connectivity index (χ1n) is 7.13. The third kappa shape index (κ3) is 4.56. The summed E-state index contributed by atoms with van der Waals surface area (Å²) in [7, 11) is 0. The van der Waals surface area contributed by atoms with Gasteiger partial charge in [-0.15, -0.1) is 0 Å². The molecule has 0 unspecified atom stereocenters. The van der Waals surface area contributed by atoms with Crippen molar-refractivity contribution in [2.75, 3.05) is 10.6 Å². The molecule has 2 rings (SSSR count). The number of aromatic hydroxyl groups is 1. The first-order chi connectivity index (χ1) is 11.9. The zero-order chi connectivity index (χ0) is 18.4. The Labute approximate surface area is 143 Å². The predicted octanol–water partition coefficient (Wildman–Crippen LogP) is 3.07. The number of nitriles is 1. The van der Waals surface area contributed by atoms with Gasteiger partial charge in [-0.25, -0.2) is 0 Å². The summed E-state index contributed by atoms with van der Waals surface area (Å²) in [5.74, 6) is -0.695.